The minimum Gasteiger partial charge on any atom is -0.463 e. The fraction of sp³-hybridized carbons (Fsp3) is 0.870. The van der Waals surface area contributed by atoms with Crippen molar-refractivity contribution in [1.29, 1.82) is 0 Å². The molecule has 0 unspecified atom stereocenters. The van der Waals surface area contributed by atoms with Crippen LogP contribution in [-0.4, -0.2) is 154 Å². The fourth-order valence-corrected chi connectivity index (χ4v) is 6.27. The molecule has 0 bridgehead atoms. The second-order valence-corrected chi connectivity index (χ2v) is 12.1. The summed E-state index contributed by atoms with van der Waals surface area (Å²) in [5.74, 6) is 0.263. The van der Waals surface area contributed by atoms with Gasteiger partial charge in [0.15, 0.2) is 0 Å². The first-order valence-electron chi connectivity index (χ1n) is 13.2. The predicted molar refractivity (Wildman–Crippen MR) is 147 cm³/mol. The van der Waals surface area contributed by atoms with Gasteiger partial charge in [-0.25, -0.2) is 7.14 Å². The summed E-state index contributed by atoms with van der Waals surface area (Å²) in [4.78, 5) is 12.8. The zero-order chi connectivity index (χ0) is 28.4. The van der Waals surface area contributed by atoms with E-state index in [1.54, 1.807) is 0 Å². The lowest BCUT2D eigenvalue weighted by Crippen LogP contribution is -2.17. The van der Waals surface area contributed by atoms with Crippen LogP contribution in [0.2, 0.25) is 0 Å². The van der Waals surface area contributed by atoms with Gasteiger partial charge in [0.1, 0.15) is 13.4 Å². The van der Waals surface area contributed by atoms with Gasteiger partial charge >= 0.3 is 12.0 Å². The summed E-state index contributed by atoms with van der Waals surface area (Å²) in [6.45, 7) is 3.08. The second kappa shape index (κ2) is 24.4. The monoisotopic (exact) mass is 579 g/mol. The molecule has 5 N–H and O–H groups in total. The van der Waals surface area contributed by atoms with Gasteiger partial charge in [-0.1, -0.05) is 0 Å². The highest BCUT2D eigenvalue weighted by Gasteiger charge is 2.18. The molecule has 16 heteroatoms. The van der Waals surface area contributed by atoms with E-state index >= 15 is 0 Å². The number of hydrogen-bond acceptors (Lipinski definition) is 14. The standard InChI is InChI=1S/C23H45BN4O10P/c24-39(17-1-5-29,18-2-6-30)19-3-8-37-22-26-21(25-4-9-33-11-12-34-10-7-31)27-23(28-22)38-16-15-35-13-14-36-20-32/h29-32H,1-20H2,(H,25,26,27,28). The Hall–Kier alpha value is -1.42. The molecule has 1 rings (SSSR count). The van der Waals surface area contributed by atoms with E-state index in [4.69, 9.17) is 46.2 Å². The molecule has 0 spiro atoms. The van der Waals surface area contributed by atoms with E-state index in [2.05, 4.69) is 20.3 Å². The van der Waals surface area contributed by atoms with Crippen molar-refractivity contribution in [2.24, 2.45) is 0 Å². The second-order valence-electron chi connectivity index (χ2n) is 8.34. The van der Waals surface area contributed by atoms with Crippen LogP contribution in [-0.2, 0) is 18.9 Å². The van der Waals surface area contributed by atoms with E-state index in [1.807, 2.05) is 0 Å². The molecule has 1 heterocycles. The summed E-state index contributed by atoms with van der Waals surface area (Å²) < 4.78 is 32.1. The van der Waals surface area contributed by atoms with E-state index in [-0.39, 0.29) is 71.0 Å². The molecular formula is C23H45BN4O10P. The average Bonchev–Trinajstić information content (AvgIpc) is 2.94. The first kappa shape index (κ1) is 35.6. The van der Waals surface area contributed by atoms with Crippen molar-refractivity contribution in [3.63, 3.8) is 0 Å². The summed E-state index contributed by atoms with van der Waals surface area (Å²) >= 11 is 0. The van der Waals surface area contributed by atoms with Crippen LogP contribution < -0.4 is 14.8 Å². The number of rotatable bonds is 28. The molecule has 0 aliphatic heterocycles. The number of ether oxygens (including phenoxy) is 6. The molecule has 14 nitrogen and oxygen atoms in total. The highest BCUT2D eigenvalue weighted by Crippen LogP contribution is 2.55. The smallest absolute Gasteiger partial charge is 0.324 e. The van der Waals surface area contributed by atoms with Crippen LogP contribution in [0.3, 0.4) is 0 Å². The van der Waals surface area contributed by atoms with E-state index in [9.17, 15) is 10.2 Å². The minimum atomic E-state index is -1.76. The Kier molecular flexibility index (Phi) is 22.3. The number of aromatic nitrogens is 3. The van der Waals surface area contributed by atoms with Crippen LogP contribution in [0.25, 0.3) is 0 Å². The molecule has 1 aromatic heterocycles. The third-order valence-electron chi connectivity index (χ3n) is 5.16. The first-order valence-corrected chi connectivity index (χ1v) is 15.6. The van der Waals surface area contributed by atoms with Crippen molar-refractivity contribution in [2.45, 2.75) is 19.3 Å². The predicted octanol–water partition coefficient (Wildman–Crippen LogP) is -0.694. The van der Waals surface area contributed by atoms with Crippen molar-refractivity contribution >= 4 is 20.7 Å². The Morgan fingerprint density at radius 3 is 1.74 bits per heavy atom. The highest BCUT2D eigenvalue weighted by atomic mass is 31.2. The van der Waals surface area contributed by atoms with Crippen LogP contribution >= 0.6 is 7.14 Å². The van der Waals surface area contributed by atoms with Crippen molar-refractivity contribution in [3.8, 4) is 12.0 Å². The van der Waals surface area contributed by atoms with Gasteiger partial charge in [0.2, 0.25) is 5.95 Å². The number of nitrogens with zero attached hydrogens (tertiary/aromatic N) is 3. The van der Waals surface area contributed by atoms with Crippen LogP contribution in [0, 0.1) is 0 Å². The Morgan fingerprint density at radius 1 is 0.590 bits per heavy atom. The summed E-state index contributed by atoms with van der Waals surface area (Å²) in [6.07, 6.45) is 4.29. The Bertz CT molecular complexity index is 709. The SMILES string of the molecule is [B-][P+](CCCO)(CCCO)CCCOc1nc(NCCOCCOCCO)nc(OCCOCCOCO)n1. The molecular weight excluding hydrogens is 534 g/mol. The largest absolute Gasteiger partial charge is 0.463 e. The van der Waals surface area contributed by atoms with Gasteiger partial charge in [-0.15, -0.1) is 4.98 Å². The number of nitrogens with one attached hydrogen (secondary N) is 1. The molecule has 0 atom stereocenters. The lowest BCUT2D eigenvalue weighted by molar-refractivity contribution is -0.0320. The van der Waals surface area contributed by atoms with Crippen molar-refractivity contribution < 1.29 is 48.8 Å². The molecule has 0 amide bonds. The van der Waals surface area contributed by atoms with Gasteiger partial charge in [-0.2, -0.15) is 9.97 Å². The first-order chi connectivity index (χ1) is 19.1. The normalized spacial score (nSPS) is 11.6. The average molecular weight is 579 g/mol. The maximum absolute atomic E-state index is 9.19. The summed E-state index contributed by atoms with van der Waals surface area (Å²) in [5.41, 5.74) is 0. The van der Waals surface area contributed by atoms with Gasteiger partial charge in [-0.3, -0.25) is 0 Å². The van der Waals surface area contributed by atoms with Crippen LogP contribution in [0.5, 0.6) is 12.0 Å². The van der Waals surface area contributed by atoms with Crippen molar-refractivity contribution in [3.05, 3.63) is 0 Å². The van der Waals surface area contributed by atoms with Crippen LogP contribution in [0.15, 0.2) is 0 Å². The lowest BCUT2D eigenvalue weighted by atomic mass is 10.5. The molecule has 0 saturated carbocycles. The maximum Gasteiger partial charge on any atom is 0.324 e. The molecule has 0 fully saturated rings. The third kappa shape index (κ3) is 19.3. The van der Waals surface area contributed by atoms with Gasteiger partial charge in [-0.05, 0) is 12.8 Å². The Balaban J connectivity index is 2.60. The molecule has 0 aliphatic rings. The summed E-state index contributed by atoms with van der Waals surface area (Å²) in [7, 11) is 4.85. The number of aliphatic hydroxyl groups excluding tert-OH is 4. The third-order valence-corrected chi connectivity index (χ3v) is 8.78. The van der Waals surface area contributed by atoms with E-state index < -0.39 is 7.14 Å². The van der Waals surface area contributed by atoms with E-state index in [1.165, 1.54) is 0 Å². The van der Waals surface area contributed by atoms with Gasteiger partial charge < -0.3 is 61.7 Å². The zero-order valence-corrected chi connectivity index (χ0v) is 23.6. The van der Waals surface area contributed by atoms with E-state index in [0.29, 0.717) is 58.8 Å². The minimum absolute atomic E-state index is 0.0257. The number of hydrogen-bond donors (Lipinski definition) is 5. The van der Waals surface area contributed by atoms with Crippen molar-refractivity contribution in [1.82, 2.24) is 15.0 Å². The summed E-state index contributed by atoms with van der Waals surface area (Å²) in [6, 6.07) is 0.173. The maximum atomic E-state index is 9.19. The van der Waals surface area contributed by atoms with Gasteiger partial charge in [0, 0.05) is 44.7 Å². The Morgan fingerprint density at radius 2 is 1.13 bits per heavy atom. The zero-order valence-electron chi connectivity index (χ0n) is 22.7. The molecule has 0 aliphatic carbocycles. The molecule has 225 valence electrons. The quantitative estimate of drug-likeness (QED) is 0.0363. The molecule has 3 radical (unpaired) electrons. The molecule has 39 heavy (non-hydrogen) atoms. The molecule has 1 aromatic rings. The van der Waals surface area contributed by atoms with Gasteiger partial charge in [0.05, 0.1) is 59.5 Å². The van der Waals surface area contributed by atoms with E-state index in [0.717, 1.165) is 18.5 Å². The van der Waals surface area contributed by atoms with Gasteiger partial charge in [0.25, 0.3) is 0 Å². The van der Waals surface area contributed by atoms with Crippen molar-refractivity contribution in [2.75, 3.05) is 116 Å². The summed E-state index contributed by atoms with van der Waals surface area (Å²) in [5, 5.41) is 38.7. The topological polar surface area (TPSA) is 187 Å². The lowest BCUT2D eigenvalue weighted by Gasteiger charge is -2.37. The fourth-order valence-electron chi connectivity index (χ4n) is 3.29. The molecule has 0 saturated heterocycles. The number of aliphatic hydroxyl groups is 4. The number of anilines is 1. The molecule has 0 aromatic carbocycles. The highest BCUT2D eigenvalue weighted by molar-refractivity contribution is 7.97. The Labute approximate surface area is 232 Å². The van der Waals surface area contributed by atoms with Crippen LogP contribution in [0.1, 0.15) is 19.3 Å². The van der Waals surface area contributed by atoms with Crippen LogP contribution in [0.4, 0.5) is 5.95 Å².